The number of morpholine rings is 1. The van der Waals surface area contributed by atoms with Gasteiger partial charge in [-0.2, -0.15) is 0 Å². The molecular formula is C16H23N3OS. The van der Waals surface area contributed by atoms with Crippen LogP contribution in [0.3, 0.4) is 0 Å². The normalized spacial score (nSPS) is 19.7. The molecule has 2 atom stereocenters. The highest BCUT2D eigenvalue weighted by Crippen LogP contribution is 2.26. The molecule has 0 aliphatic carbocycles. The summed E-state index contributed by atoms with van der Waals surface area (Å²) in [5, 5.41) is 4.84. The lowest BCUT2D eigenvalue weighted by Gasteiger charge is -2.30. The quantitative estimate of drug-likeness (QED) is 0.921. The average Bonchev–Trinajstić information content (AvgIpc) is 2.92. The first-order chi connectivity index (χ1) is 10.2. The Bertz CT molecular complexity index is 547. The number of thiazole rings is 1. The largest absolute Gasteiger partial charge is 0.379 e. The van der Waals surface area contributed by atoms with Crippen LogP contribution in [0.1, 0.15) is 24.9 Å². The predicted molar refractivity (Wildman–Crippen MR) is 87.9 cm³/mol. The lowest BCUT2D eigenvalue weighted by molar-refractivity contribution is 0.0339. The zero-order valence-corrected chi connectivity index (χ0v) is 13.5. The minimum Gasteiger partial charge on any atom is -0.379 e. The summed E-state index contributed by atoms with van der Waals surface area (Å²) in [6, 6.07) is 9.08. The van der Waals surface area contributed by atoms with Crippen LogP contribution in [0.15, 0.2) is 24.3 Å². The van der Waals surface area contributed by atoms with Crippen LogP contribution in [0, 0.1) is 0 Å². The first-order valence-electron chi connectivity index (χ1n) is 7.64. The molecule has 2 aromatic rings. The first kappa shape index (κ1) is 14.9. The van der Waals surface area contributed by atoms with Crippen LogP contribution >= 0.6 is 11.3 Å². The lowest BCUT2D eigenvalue weighted by atomic mass is 10.2. The highest BCUT2D eigenvalue weighted by molar-refractivity contribution is 7.18. The van der Waals surface area contributed by atoms with Gasteiger partial charge < -0.3 is 10.1 Å². The number of hydrogen-bond acceptors (Lipinski definition) is 5. The molecule has 2 heterocycles. The molecule has 0 saturated carbocycles. The predicted octanol–water partition coefficient (Wildman–Crippen LogP) is 2.67. The molecule has 114 valence electrons. The maximum absolute atomic E-state index is 5.39. The van der Waals surface area contributed by atoms with Gasteiger partial charge in [-0.3, -0.25) is 4.90 Å². The van der Waals surface area contributed by atoms with Crippen LogP contribution in [-0.2, 0) is 4.74 Å². The second-order valence-corrected chi connectivity index (χ2v) is 6.78. The molecule has 1 aromatic carbocycles. The summed E-state index contributed by atoms with van der Waals surface area (Å²) >= 11 is 1.79. The Labute approximate surface area is 130 Å². The SMILES string of the molecule is CC(CN1CCOCC1)NC(C)c1nc2ccccc2s1. The van der Waals surface area contributed by atoms with E-state index in [1.54, 1.807) is 11.3 Å². The Morgan fingerprint density at radius 2 is 2.05 bits per heavy atom. The fourth-order valence-electron chi connectivity index (χ4n) is 2.80. The zero-order chi connectivity index (χ0) is 14.7. The number of rotatable bonds is 5. The van der Waals surface area contributed by atoms with E-state index in [1.807, 2.05) is 6.07 Å². The van der Waals surface area contributed by atoms with Crippen molar-refractivity contribution >= 4 is 21.6 Å². The van der Waals surface area contributed by atoms with Gasteiger partial charge in [-0.15, -0.1) is 11.3 Å². The molecule has 0 radical (unpaired) electrons. The van der Waals surface area contributed by atoms with E-state index in [2.05, 4.69) is 42.3 Å². The van der Waals surface area contributed by atoms with Gasteiger partial charge in [0.15, 0.2) is 0 Å². The second kappa shape index (κ2) is 6.83. The Balaban J connectivity index is 1.58. The maximum Gasteiger partial charge on any atom is 0.111 e. The van der Waals surface area contributed by atoms with Crippen LogP contribution in [0.25, 0.3) is 10.2 Å². The van der Waals surface area contributed by atoms with Crippen molar-refractivity contribution in [2.45, 2.75) is 25.9 Å². The Kier molecular flexibility index (Phi) is 4.85. The van der Waals surface area contributed by atoms with Crippen LogP contribution in [-0.4, -0.2) is 48.8 Å². The highest BCUT2D eigenvalue weighted by atomic mass is 32.1. The highest BCUT2D eigenvalue weighted by Gasteiger charge is 2.17. The number of nitrogens with one attached hydrogen (secondary N) is 1. The van der Waals surface area contributed by atoms with Gasteiger partial charge >= 0.3 is 0 Å². The van der Waals surface area contributed by atoms with Crippen LogP contribution < -0.4 is 5.32 Å². The molecule has 1 saturated heterocycles. The Hall–Kier alpha value is -1.01. The molecule has 1 fully saturated rings. The third-order valence-corrected chi connectivity index (χ3v) is 5.07. The van der Waals surface area contributed by atoms with Gasteiger partial charge in [0.1, 0.15) is 5.01 Å². The summed E-state index contributed by atoms with van der Waals surface area (Å²) in [7, 11) is 0. The van der Waals surface area contributed by atoms with Gasteiger partial charge in [0, 0.05) is 25.7 Å². The van der Waals surface area contributed by atoms with Gasteiger partial charge in [0.05, 0.1) is 29.5 Å². The summed E-state index contributed by atoms with van der Waals surface area (Å²) in [5.74, 6) is 0. The number of ether oxygens (including phenoxy) is 1. The molecule has 21 heavy (non-hydrogen) atoms. The average molecular weight is 305 g/mol. The number of benzene rings is 1. The molecule has 4 nitrogen and oxygen atoms in total. The van der Waals surface area contributed by atoms with E-state index in [0.717, 1.165) is 38.4 Å². The van der Waals surface area contributed by atoms with Crippen LogP contribution in [0.2, 0.25) is 0 Å². The number of nitrogens with zero attached hydrogens (tertiary/aromatic N) is 2. The topological polar surface area (TPSA) is 37.4 Å². The molecule has 0 amide bonds. The number of para-hydroxylation sites is 1. The summed E-state index contributed by atoms with van der Waals surface area (Å²) in [6.45, 7) is 9.33. The fourth-order valence-corrected chi connectivity index (χ4v) is 3.78. The third kappa shape index (κ3) is 3.80. The van der Waals surface area contributed by atoms with Gasteiger partial charge in [-0.05, 0) is 26.0 Å². The van der Waals surface area contributed by atoms with E-state index in [0.29, 0.717) is 12.1 Å². The minimum absolute atomic E-state index is 0.290. The van der Waals surface area contributed by atoms with Crippen molar-refractivity contribution in [3.63, 3.8) is 0 Å². The van der Waals surface area contributed by atoms with Gasteiger partial charge in [0.2, 0.25) is 0 Å². The Morgan fingerprint density at radius 3 is 2.81 bits per heavy atom. The second-order valence-electron chi connectivity index (χ2n) is 5.72. The van der Waals surface area contributed by atoms with Crippen molar-refractivity contribution in [3.8, 4) is 0 Å². The molecule has 0 bridgehead atoms. The third-order valence-electron chi connectivity index (χ3n) is 3.85. The summed E-state index contributed by atoms with van der Waals surface area (Å²) in [5.41, 5.74) is 1.10. The molecule has 1 aliphatic rings. The fraction of sp³-hybridized carbons (Fsp3) is 0.562. The monoisotopic (exact) mass is 305 g/mol. The lowest BCUT2D eigenvalue weighted by Crippen LogP contribution is -2.44. The van der Waals surface area contributed by atoms with Crippen molar-refractivity contribution in [2.75, 3.05) is 32.8 Å². The van der Waals surface area contributed by atoms with Gasteiger partial charge in [-0.25, -0.2) is 4.98 Å². The summed E-state index contributed by atoms with van der Waals surface area (Å²) in [4.78, 5) is 7.20. The van der Waals surface area contributed by atoms with Gasteiger partial charge in [-0.1, -0.05) is 12.1 Å². The standard InChI is InChI=1S/C16H23N3OS/c1-12(11-19-7-9-20-10-8-19)17-13(2)16-18-14-5-3-4-6-15(14)21-16/h3-6,12-13,17H,7-11H2,1-2H3. The number of hydrogen-bond donors (Lipinski definition) is 1. The summed E-state index contributed by atoms with van der Waals surface area (Å²) < 4.78 is 6.66. The van der Waals surface area contributed by atoms with Crippen LogP contribution in [0.4, 0.5) is 0 Å². The van der Waals surface area contributed by atoms with E-state index in [4.69, 9.17) is 9.72 Å². The Morgan fingerprint density at radius 1 is 1.29 bits per heavy atom. The molecule has 1 aliphatic heterocycles. The molecule has 2 unspecified atom stereocenters. The minimum atomic E-state index is 0.290. The van der Waals surface area contributed by atoms with Crippen molar-refractivity contribution in [1.82, 2.24) is 15.2 Å². The van der Waals surface area contributed by atoms with E-state index in [-0.39, 0.29) is 0 Å². The van der Waals surface area contributed by atoms with Crippen molar-refractivity contribution in [3.05, 3.63) is 29.3 Å². The molecule has 1 N–H and O–H groups in total. The van der Waals surface area contributed by atoms with E-state index in [1.165, 1.54) is 9.71 Å². The van der Waals surface area contributed by atoms with Crippen LogP contribution in [0.5, 0.6) is 0 Å². The van der Waals surface area contributed by atoms with Crippen molar-refractivity contribution < 1.29 is 4.74 Å². The molecule has 1 aromatic heterocycles. The molecular weight excluding hydrogens is 282 g/mol. The molecule has 5 heteroatoms. The van der Waals surface area contributed by atoms with E-state index in [9.17, 15) is 0 Å². The van der Waals surface area contributed by atoms with E-state index >= 15 is 0 Å². The van der Waals surface area contributed by atoms with E-state index < -0.39 is 0 Å². The number of aromatic nitrogens is 1. The molecule has 0 spiro atoms. The van der Waals surface area contributed by atoms with Crippen molar-refractivity contribution in [2.24, 2.45) is 0 Å². The zero-order valence-electron chi connectivity index (χ0n) is 12.7. The van der Waals surface area contributed by atoms with Gasteiger partial charge in [0.25, 0.3) is 0 Å². The smallest absolute Gasteiger partial charge is 0.111 e. The first-order valence-corrected chi connectivity index (χ1v) is 8.45. The molecule has 3 rings (SSSR count). The summed E-state index contributed by atoms with van der Waals surface area (Å²) in [6.07, 6.45) is 0. The maximum atomic E-state index is 5.39. The number of fused-ring (bicyclic) bond motifs is 1. The van der Waals surface area contributed by atoms with Crippen molar-refractivity contribution in [1.29, 1.82) is 0 Å².